The normalized spacial score (nSPS) is 19.7. The topological polar surface area (TPSA) is 96.0 Å². The zero-order valence-electron chi connectivity index (χ0n) is 12.0. The maximum Gasteiger partial charge on any atom is 0.232 e. The van der Waals surface area contributed by atoms with Crippen LogP contribution in [0.15, 0.2) is 28.7 Å². The smallest absolute Gasteiger partial charge is 0.232 e. The van der Waals surface area contributed by atoms with E-state index in [1.54, 1.807) is 0 Å². The number of hydrogen-bond acceptors (Lipinski definition) is 6. The molecule has 2 aromatic rings. The van der Waals surface area contributed by atoms with Crippen LogP contribution in [0.5, 0.6) is 0 Å². The number of nitrogens with one attached hydrogen (secondary N) is 1. The average Bonchev–Trinajstić information content (AvgIpc) is 3.03. The summed E-state index contributed by atoms with van der Waals surface area (Å²) < 4.78 is 28.6. The summed E-state index contributed by atoms with van der Waals surface area (Å²) >= 11 is 0. The molecule has 2 heterocycles. The third kappa shape index (κ3) is 2.97. The highest BCUT2D eigenvalue weighted by molar-refractivity contribution is 7.91. The van der Waals surface area contributed by atoms with Gasteiger partial charge in [0.2, 0.25) is 17.5 Å². The maximum atomic E-state index is 11.5. The predicted molar refractivity (Wildman–Crippen MR) is 82.1 cm³/mol. The molecule has 0 radical (unpaired) electrons. The van der Waals surface area contributed by atoms with Crippen LogP contribution in [0.25, 0.3) is 11.5 Å². The molecule has 1 atom stereocenters. The third-order valence-electron chi connectivity index (χ3n) is 3.60. The highest BCUT2D eigenvalue weighted by atomic mass is 32.2. The van der Waals surface area contributed by atoms with Gasteiger partial charge in [-0.2, -0.15) is 10.2 Å². The van der Waals surface area contributed by atoms with Crippen LogP contribution in [0.2, 0.25) is 0 Å². The fourth-order valence-electron chi connectivity index (χ4n) is 2.41. The Labute approximate surface area is 128 Å². The van der Waals surface area contributed by atoms with Crippen molar-refractivity contribution in [3.05, 3.63) is 35.5 Å². The first-order valence-electron chi connectivity index (χ1n) is 6.92. The molecule has 0 aliphatic carbocycles. The molecule has 0 spiro atoms. The Balaban J connectivity index is 1.86. The van der Waals surface area contributed by atoms with E-state index in [9.17, 15) is 8.42 Å². The Bertz CT molecular complexity index is 832. The first-order chi connectivity index (χ1) is 10.5. The monoisotopic (exact) mass is 317 g/mol. The SMILES string of the molecule is Cc1ccc(-c2nc(C#N)c(N[C@@H]3CCS(=O)(=O)C3)o2)cc1. The number of nitriles is 1. The molecular weight excluding hydrogens is 302 g/mol. The van der Waals surface area contributed by atoms with Crippen molar-refractivity contribution in [3.63, 3.8) is 0 Å². The molecule has 1 aromatic heterocycles. The second kappa shape index (κ2) is 5.46. The molecule has 22 heavy (non-hydrogen) atoms. The lowest BCUT2D eigenvalue weighted by Gasteiger charge is -2.08. The van der Waals surface area contributed by atoms with Crippen LogP contribution in [-0.4, -0.2) is 30.9 Å². The summed E-state index contributed by atoms with van der Waals surface area (Å²) in [5.41, 5.74) is 2.03. The molecule has 7 heteroatoms. The van der Waals surface area contributed by atoms with Gasteiger partial charge in [0.25, 0.3) is 0 Å². The number of benzene rings is 1. The fourth-order valence-corrected chi connectivity index (χ4v) is 4.08. The van der Waals surface area contributed by atoms with E-state index in [0.29, 0.717) is 12.3 Å². The lowest BCUT2D eigenvalue weighted by Crippen LogP contribution is -2.20. The summed E-state index contributed by atoms with van der Waals surface area (Å²) in [5, 5.41) is 12.2. The Morgan fingerprint density at radius 1 is 1.36 bits per heavy atom. The van der Waals surface area contributed by atoms with E-state index in [1.165, 1.54) is 0 Å². The molecule has 1 fully saturated rings. The molecule has 0 bridgehead atoms. The summed E-state index contributed by atoms with van der Waals surface area (Å²) in [4.78, 5) is 4.17. The van der Waals surface area contributed by atoms with Crippen LogP contribution in [0.1, 0.15) is 17.7 Å². The van der Waals surface area contributed by atoms with Gasteiger partial charge in [0.05, 0.1) is 11.5 Å². The van der Waals surface area contributed by atoms with Crippen LogP contribution in [0.4, 0.5) is 5.88 Å². The molecule has 3 rings (SSSR count). The molecular formula is C15H15N3O3S. The lowest BCUT2D eigenvalue weighted by atomic mass is 10.1. The zero-order valence-corrected chi connectivity index (χ0v) is 12.9. The minimum Gasteiger partial charge on any atom is -0.419 e. The van der Waals surface area contributed by atoms with Gasteiger partial charge in [-0.3, -0.25) is 0 Å². The minimum atomic E-state index is -2.99. The van der Waals surface area contributed by atoms with Crippen LogP contribution < -0.4 is 5.32 Å². The van der Waals surface area contributed by atoms with Gasteiger partial charge in [-0.05, 0) is 25.5 Å². The maximum absolute atomic E-state index is 11.5. The number of oxazole rings is 1. The Morgan fingerprint density at radius 2 is 2.09 bits per heavy atom. The van der Waals surface area contributed by atoms with E-state index in [0.717, 1.165) is 11.1 Å². The van der Waals surface area contributed by atoms with Crippen LogP contribution in [-0.2, 0) is 9.84 Å². The quantitative estimate of drug-likeness (QED) is 0.931. The van der Waals surface area contributed by atoms with E-state index in [1.807, 2.05) is 37.3 Å². The summed E-state index contributed by atoms with van der Waals surface area (Å²) in [6, 6.07) is 9.34. The van der Waals surface area contributed by atoms with Gasteiger partial charge in [-0.25, -0.2) is 8.42 Å². The first kappa shape index (κ1) is 14.6. The number of aromatic nitrogens is 1. The molecule has 1 N–H and O–H groups in total. The van der Waals surface area contributed by atoms with Crippen LogP contribution in [0, 0.1) is 18.3 Å². The van der Waals surface area contributed by atoms with Crippen molar-refractivity contribution in [1.82, 2.24) is 4.98 Å². The number of anilines is 1. The number of sulfone groups is 1. The largest absolute Gasteiger partial charge is 0.419 e. The number of nitrogens with zero attached hydrogens (tertiary/aromatic N) is 2. The molecule has 1 aliphatic heterocycles. The summed E-state index contributed by atoms with van der Waals surface area (Å²) in [7, 11) is -2.99. The van der Waals surface area contributed by atoms with Gasteiger partial charge in [0, 0.05) is 11.6 Å². The predicted octanol–water partition coefficient (Wildman–Crippen LogP) is 2.12. The third-order valence-corrected chi connectivity index (χ3v) is 5.37. The van der Waals surface area contributed by atoms with E-state index >= 15 is 0 Å². The molecule has 6 nitrogen and oxygen atoms in total. The summed E-state index contributed by atoms with van der Waals surface area (Å²) in [6.45, 7) is 1.98. The summed E-state index contributed by atoms with van der Waals surface area (Å²) in [6.07, 6.45) is 0.508. The van der Waals surface area contributed by atoms with Crippen molar-refractivity contribution in [2.24, 2.45) is 0 Å². The fraction of sp³-hybridized carbons (Fsp3) is 0.333. The zero-order chi connectivity index (χ0) is 15.7. The molecule has 0 amide bonds. The van der Waals surface area contributed by atoms with Crippen LogP contribution >= 0.6 is 0 Å². The van der Waals surface area contributed by atoms with E-state index in [-0.39, 0.29) is 29.1 Å². The van der Waals surface area contributed by atoms with Crippen molar-refractivity contribution in [2.45, 2.75) is 19.4 Å². The second-order valence-corrected chi connectivity index (χ2v) is 7.65. The van der Waals surface area contributed by atoms with Crippen molar-refractivity contribution in [2.75, 3.05) is 16.8 Å². The Kier molecular flexibility index (Phi) is 3.62. The van der Waals surface area contributed by atoms with Crippen LogP contribution in [0.3, 0.4) is 0 Å². The molecule has 114 valence electrons. The van der Waals surface area contributed by atoms with Gasteiger partial charge >= 0.3 is 0 Å². The van der Waals surface area contributed by atoms with E-state index in [2.05, 4.69) is 10.3 Å². The van der Waals surface area contributed by atoms with E-state index < -0.39 is 9.84 Å². The lowest BCUT2D eigenvalue weighted by molar-refractivity contribution is 0.575. The molecule has 1 aromatic carbocycles. The van der Waals surface area contributed by atoms with Crippen molar-refractivity contribution >= 4 is 15.7 Å². The van der Waals surface area contributed by atoms with Gasteiger partial charge in [0.15, 0.2) is 9.84 Å². The molecule has 0 saturated carbocycles. The van der Waals surface area contributed by atoms with E-state index in [4.69, 9.17) is 9.68 Å². The van der Waals surface area contributed by atoms with Gasteiger partial charge in [-0.15, -0.1) is 0 Å². The molecule has 1 saturated heterocycles. The van der Waals surface area contributed by atoms with Gasteiger partial charge in [0.1, 0.15) is 6.07 Å². The molecule has 1 aliphatic rings. The highest BCUT2D eigenvalue weighted by Crippen LogP contribution is 2.27. The molecule has 0 unspecified atom stereocenters. The van der Waals surface area contributed by atoms with Crippen molar-refractivity contribution in [3.8, 4) is 17.5 Å². The number of rotatable bonds is 3. The van der Waals surface area contributed by atoms with Gasteiger partial charge in [-0.1, -0.05) is 17.7 Å². The van der Waals surface area contributed by atoms with Crippen molar-refractivity contribution < 1.29 is 12.8 Å². The number of aryl methyl sites for hydroxylation is 1. The second-order valence-electron chi connectivity index (χ2n) is 5.42. The van der Waals surface area contributed by atoms with Crippen molar-refractivity contribution in [1.29, 1.82) is 5.26 Å². The summed E-state index contributed by atoms with van der Waals surface area (Å²) in [5.74, 6) is 0.796. The Morgan fingerprint density at radius 3 is 2.68 bits per heavy atom. The van der Waals surface area contributed by atoms with Gasteiger partial charge < -0.3 is 9.73 Å². The number of hydrogen-bond donors (Lipinski definition) is 1. The minimum absolute atomic E-state index is 0.0540. The average molecular weight is 317 g/mol. The standard InChI is InChI=1S/C15H15N3O3S/c1-10-2-4-11(5-3-10)14-18-13(8-16)15(21-14)17-12-6-7-22(19,20)9-12/h2-5,12,17H,6-7,9H2,1H3/t12-/m1/s1. The highest BCUT2D eigenvalue weighted by Gasteiger charge is 2.29. The first-order valence-corrected chi connectivity index (χ1v) is 8.74. The Hall–Kier alpha value is -2.33.